The summed E-state index contributed by atoms with van der Waals surface area (Å²) in [5.74, 6) is 1.72. The van der Waals surface area contributed by atoms with Crippen LogP contribution < -0.4 is 24.6 Å². The average molecular weight is 472 g/mol. The van der Waals surface area contributed by atoms with Gasteiger partial charge in [-0.2, -0.15) is 0 Å². The van der Waals surface area contributed by atoms with Crippen molar-refractivity contribution >= 4 is 17.3 Å². The molecule has 182 valence electrons. The summed E-state index contributed by atoms with van der Waals surface area (Å²) in [5.41, 5.74) is 4.80. The van der Waals surface area contributed by atoms with Crippen molar-refractivity contribution in [2.24, 2.45) is 5.92 Å². The summed E-state index contributed by atoms with van der Waals surface area (Å²) in [6.07, 6.45) is 1.53. The summed E-state index contributed by atoms with van der Waals surface area (Å²) < 4.78 is 10.7. The van der Waals surface area contributed by atoms with Crippen molar-refractivity contribution in [1.82, 2.24) is 5.32 Å². The molecule has 0 aromatic heterocycles. The van der Waals surface area contributed by atoms with Crippen LogP contribution in [0, 0.1) is 5.92 Å². The number of nitrogens with zero attached hydrogens (tertiary/aromatic N) is 2. The van der Waals surface area contributed by atoms with Crippen LogP contribution in [0.3, 0.4) is 0 Å². The second-order valence-corrected chi connectivity index (χ2v) is 9.24. The Labute approximate surface area is 207 Å². The van der Waals surface area contributed by atoms with Crippen LogP contribution in [0.4, 0.5) is 11.4 Å². The third-order valence-electron chi connectivity index (χ3n) is 7.25. The first kappa shape index (κ1) is 23.1. The number of ether oxygens (including phenoxy) is 2. The molecule has 5 rings (SSSR count). The van der Waals surface area contributed by atoms with Crippen molar-refractivity contribution in [2.45, 2.75) is 18.9 Å². The lowest BCUT2D eigenvalue weighted by Crippen LogP contribution is -2.61. The Morgan fingerprint density at radius 3 is 2.43 bits per heavy atom. The van der Waals surface area contributed by atoms with Crippen LogP contribution in [0.5, 0.6) is 11.5 Å². The van der Waals surface area contributed by atoms with Crippen molar-refractivity contribution < 1.29 is 14.3 Å². The lowest BCUT2D eigenvalue weighted by atomic mass is 9.83. The number of carbonyl (C=O) groups is 1. The summed E-state index contributed by atoms with van der Waals surface area (Å²) in [7, 11) is 3.37. The van der Waals surface area contributed by atoms with Crippen LogP contribution in [0.25, 0.3) is 0 Å². The number of amides is 1. The number of hydrogen-bond donors (Lipinski definition) is 1. The van der Waals surface area contributed by atoms with E-state index < -0.39 is 0 Å². The first-order valence-electron chi connectivity index (χ1n) is 12.3. The first-order chi connectivity index (χ1) is 17.2. The van der Waals surface area contributed by atoms with Crippen LogP contribution in [0.1, 0.15) is 11.1 Å². The summed E-state index contributed by atoms with van der Waals surface area (Å²) in [4.78, 5) is 18.4. The topological polar surface area (TPSA) is 54.0 Å². The number of hydrogen-bond acceptors (Lipinski definition) is 5. The Bertz CT molecular complexity index is 1150. The number of carbonyl (C=O) groups excluding carboxylic acids is 1. The molecule has 2 unspecified atom stereocenters. The zero-order valence-electron chi connectivity index (χ0n) is 20.4. The largest absolute Gasteiger partial charge is 0.497 e. The molecule has 0 aliphatic carbocycles. The molecule has 0 spiro atoms. The molecule has 0 radical (unpaired) electrons. The van der Waals surface area contributed by atoms with Gasteiger partial charge in [0.05, 0.1) is 26.2 Å². The maximum atomic E-state index is 13.5. The van der Waals surface area contributed by atoms with E-state index in [1.165, 1.54) is 22.5 Å². The predicted molar refractivity (Wildman–Crippen MR) is 140 cm³/mol. The highest BCUT2D eigenvalue weighted by Gasteiger charge is 2.41. The summed E-state index contributed by atoms with van der Waals surface area (Å²) >= 11 is 0. The van der Waals surface area contributed by atoms with Crippen LogP contribution in [-0.2, 0) is 17.6 Å². The molecular weight excluding hydrogens is 438 g/mol. The van der Waals surface area contributed by atoms with E-state index in [9.17, 15) is 4.79 Å². The van der Waals surface area contributed by atoms with Crippen LogP contribution >= 0.6 is 0 Å². The molecule has 2 atom stereocenters. The lowest BCUT2D eigenvalue weighted by Gasteiger charge is -2.49. The molecule has 0 saturated carbocycles. The second kappa shape index (κ2) is 10.3. The van der Waals surface area contributed by atoms with Gasteiger partial charge < -0.3 is 24.6 Å². The molecule has 1 N–H and O–H groups in total. The average Bonchev–Trinajstić information content (AvgIpc) is 2.92. The Morgan fingerprint density at radius 1 is 0.943 bits per heavy atom. The Balaban J connectivity index is 1.33. The SMILES string of the molecule is COc1ccc(CCNC(=O)C2Cc3ccc(OC)cc3N3CCN(c4ccccc4)CC23)cc1. The van der Waals surface area contributed by atoms with E-state index in [1.54, 1.807) is 14.2 Å². The van der Waals surface area contributed by atoms with Crippen molar-refractivity contribution in [3.05, 3.63) is 83.9 Å². The molecule has 2 heterocycles. The number of para-hydroxylation sites is 1. The maximum absolute atomic E-state index is 13.5. The van der Waals surface area contributed by atoms with E-state index in [2.05, 4.69) is 63.6 Å². The monoisotopic (exact) mass is 471 g/mol. The highest BCUT2D eigenvalue weighted by molar-refractivity contribution is 5.82. The predicted octanol–water partition coefficient (Wildman–Crippen LogP) is 3.93. The van der Waals surface area contributed by atoms with Gasteiger partial charge >= 0.3 is 0 Å². The van der Waals surface area contributed by atoms with Gasteiger partial charge in [0.2, 0.25) is 5.91 Å². The molecule has 3 aromatic rings. The number of nitrogens with one attached hydrogen (secondary N) is 1. The number of anilines is 2. The van der Waals surface area contributed by atoms with E-state index in [1.807, 2.05) is 24.3 Å². The van der Waals surface area contributed by atoms with Gasteiger partial charge in [0.1, 0.15) is 11.5 Å². The zero-order chi connectivity index (χ0) is 24.2. The number of methoxy groups -OCH3 is 2. The van der Waals surface area contributed by atoms with E-state index in [0.717, 1.165) is 44.0 Å². The minimum absolute atomic E-state index is 0.101. The van der Waals surface area contributed by atoms with Gasteiger partial charge in [-0.25, -0.2) is 0 Å². The smallest absolute Gasteiger partial charge is 0.225 e. The van der Waals surface area contributed by atoms with Gasteiger partial charge in [-0.1, -0.05) is 36.4 Å². The molecule has 1 fully saturated rings. The van der Waals surface area contributed by atoms with Crippen molar-refractivity contribution in [3.63, 3.8) is 0 Å². The zero-order valence-corrected chi connectivity index (χ0v) is 20.4. The number of benzene rings is 3. The molecule has 2 aliphatic rings. The number of piperazine rings is 1. The van der Waals surface area contributed by atoms with Crippen molar-refractivity contribution in [3.8, 4) is 11.5 Å². The number of fused-ring (bicyclic) bond motifs is 3. The van der Waals surface area contributed by atoms with Gasteiger partial charge in [-0.3, -0.25) is 4.79 Å². The molecule has 2 aliphatic heterocycles. The fraction of sp³-hybridized carbons (Fsp3) is 0.345. The van der Waals surface area contributed by atoms with Gasteiger partial charge in [-0.15, -0.1) is 0 Å². The molecule has 6 heteroatoms. The Hall–Kier alpha value is -3.67. The van der Waals surface area contributed by atoms with E-state index in [0.29, 0.717) is 6.54 Å². The minimum Gasteiger partial charge on any atom is -0.497 e. The van der Waals surface area contributed by atoms with E-state index >= 15 is 0 Å². The quantitative estimate of drug-likeness (QED) is 0.566. The highest BCUT2D eigenvalue weighted by Crippen LogP contribution is 2.38. The highest BCUT2D eigenvalue weighted by atomic mass is 16.5. The standard InChI is InChI=1S/C29H33N3O3/c1-34-24-11-8-21(9-12-24)14-15-30-29(33)26-18-22-10-13-25(35-2)19-27(22)32-17-16-31(20-28(26)32)23-6-4-3-5-7-23/h3-13,19,26,28H,14-18,20H2,1-2H3,(H,30,33). The summed E-state index contributed by atoms with van der Waals surface area (Å²) in [6, 6.07) is 24.9. The molecule has 1 saturated heterocycles. The fourth-order valence-electron chi connectivity index (χ4n) is 5.33. The third-order valence-corrected chi connectivity index (χ3v) is 7.25. The van der Waals surface area contributed by atoms with Gasteiger partial charge in [0.15, 0.2) is 0 Å². The molecule has 0 bridgehead atoms. The van der Waals surface area contributed by atoms with E-state index in [4.69, 9.17) is 9.47 Å². The summed E-state index contributed by atoms with van der Waals surface area (Å²) in [5, 5.41) is 3.23. The van der Waals surface area contributed by atoms with Crippen LogP contribution in [-0.4, -0.2) is 52.3 Å². The first-order valence-corrected chi connectivity index (χ1v) is 12.3. The Kier molecular flexibility index (Phi) is 6.80. The molecule has 3 aromatic carbocycles. The van der Waals surface area contributed by atoms with Crippen LogP contribution in [0.15, 0.2) is 72.8 Å². The molecule has 1 amide bonds. The minimum atomic E-state index is -0.113. The fourth-order valence-corrected chi connectivity index (χ4v) is 5.33. The Morgan fingerprint density at radius 2 is 1.69 bits per heavy atom. The maximum Gasteiger partial charge on any atom is 0.225 e. The normalized spacial score (nSPS) is 18.9. The van der Waals surface area contributed by atoms with Gasteiger partial charge in [0, 0.05) is 43.6 Å². The third kappa shape index (κ3) is 4.92. The van der Waals surface area contributed by atoms with Crippen LogP contribution in [0.2, 0.25) is 0 Å². The van der Waals surface area contributed by atoms with E-state index in [-0.39, 0.29) is 17.9 Å². The molecule has 6 nitrogen and oxygen atoms in total. The summed E-state index contributed by atoms with van der Waals surface area (Å²) in [6.45, 7) is 3.22. The number of rotatable bonds is 7. The lowest BCUT2D eigenvalue weighted by molar-refractivity contribution is -0.125. The molecule has 35 heavy (non-hydrogen) atoms. The van der Waals surface area contributed by atoms with Crippen molar-refractivity contribution in [1.29, 1.82) is 0 Å². The van der Waals surface area contributed by atoms with Gasteiger partial charge in [-0.05, 0) is 54.3 Å². The second-order valence-electron chi connectivity index (χ2n) is 9.24. The van der Waals surface area contributed by atoms with Crippen molar-refractivity contribution in [2.75, 3.05) is 50.2 Å². The van der Waals surface area contributed by atoms with Gasteiger partial charge in [0.25, 0.3) is 0 Å². The molecular formula is C29H33N3O3.